The van der Waals surface area contributed by atoms with E-state index in [1.54, 1.807) is 6.92 Å². The highest BCUT2D eigenvalue weighted by Gasteiger charge is 2.35. The summed E-state index contributed by atoms with van der Waals surface area (Å²) >= 11 is 0. The summed E-state index contributed by atoms with van der Waals surface area (Å²) in [6, 6.07) is 2.57. The Bertz CT molecular complexity index is 1020. The van der Waals surface area contributed by atoms with Gasteiger partial charge in [0, 0.05) is 6.54 Å². The van der Waals surface area contributed by atoms with Crippen molar-refractivity contribution >= 4 is 16.0 Å². The molecule has 0 bridgehead atoms. The zero-order valence-corrected chi connectivity index (χ0v) is 15.6. The summed E-state index contributed by atoms with van der Waals surface area (Å²) in [7, 11) is -4.06. The highest BCUT2D eigenvalue weighted by atomic mass is 32.2. The number of rotatable bonds is 6. The Morgan fingerprint density at radius 2 is 2.11 bits per heavy atom. The number of aromatic carboxylic acids is 1. The molecule has 150 valence electrons. The van der Waals surface area contributed by atoms with Crippen molar-refractivity contribution in [3.8, 4) is 5.88 Å². The molecule has 1 aliphatic rings. The molecule has 1 aliphatic heterocycles. The molecule has 2 aromatic rings. The van der Waals surface area contributed by atoms with Gasteiger partial charge in [-0.3, -0.25) is 0 Å². The number of aryl methyl sites for hydroxylation is 1. The molecule has 0 saturated carbocycles. The van der Waals surface area contributed by atoms with Gasteiger partial charge >= 0.3 is 5.97 Å². The number of aromatic nitrogens is 2. The first-order valence-electron chi connectivity index (χ1n) is 8.43. The van der Waals surface area contributed by atoms with Crippen LogP contribution in [0.2, 0.25) is 0 Å². The number of sulfonamides is 1. The van der Waals surface area contributed by atoms with Gasteiger partial charge in [0.1, 0.15) is 18.2 Å². The van der Waals surface area contributed by atoms with Crippen LogP contribution in [0, 0.1) is 11.6 Å². The third-order valence-electron chi connectivity index (χ3n) is 4.36. The second-order valence-corrected chi connectivity index (χ2v) is 8.07. The van der Waals surface area contributed by atoms with Crippen LogP contribution in [0.3, 0.4) is 0 Å². The topological polar surface area (TPSA) is 110 Å². The third kappa shape index (κ3) is 3.80. The molecule has 11 heteroatoms. The predicted molar refractivity (Wildman–Crippen MR) is 92.5 cm³/mol. The number of hydrogen-bond acceptors (Lipinski definition) is 6. The fourth-order valence-corrected chi connectivity index (χ4v) is 4.38. The van der Waals surface area contributed by atoms with E-state index in [9.17, 15) is 22.0 Å². The Morgan fingerprint density at radius 3 is 2.79 bits per heavy atom. The SMILES string of the molecule is CCc1ncnc(OC2CCN(S(=O)(=O)c3ccc(F)c(C(=O)O)c3)C2)c1F. The van der Waals surface area contributed by atoms with Gasteiger partial charge in [0.05, 0.1) is 22.7 Å². The van der Waals surface area contributed by atoms with Gasteiger partial charge in [0.15, 0.2) is 0 Å². The van der Waals surface area contributed by atoms with Crippen molar-refractivity contribution in [1.82, 2.24) is 14.3 Å². The smallest absolute Gasteiger partial charge is 0.338 e. The molecule has 1 saturated heterocycles. The number of ether oxygens (including phenoxy) is 1. The van der Waals surface area contributed by atoms with Gasteiger partial charge in [-0.2, -0.15) is 13.7 Å². The zero-order valence-electron chi connectivity index (χ0n) is 14.8. The van der Waals surface area contributed by atoms with Crippen LogP contribution in [0.4, 0.5) is 8.78 Å². The molecule has 8 nitrogen and oxygen atoms in total. The van der Waals surface area contributed by atoms with Gasteiger partial charge < -0.3 is 9.84 Å². The van der Waals surface area contributed by atoms with E-state index in [0.29, 0.717) is 6.42 Å². The second-order valence-electron chi connectivity index (χ2n) is 6.13. The van der Waals surface area contributed by atoms with Gasteiger partial charge in [0.2, 0.25) is 15.8 Å². The van der Waals surface area contributed by atoms with Crippen LogP contribution in [0.25, 0.3) is 0 Å². The number of carboxylic acids is 1. The summed E-state index contributed by atoms with van der Waals surface area (Å²) in [5.41, 5.74) is -0.539. The number of nitrogens with zero attached hydrogens (tertiary/aromatic N) is 3. The molecule has 1 atom stereocenters. The van der Waals surface area contributed by atoms with E-state index in [1.807, 2.05) is 0 Å². The minimum Gasteiger partial charge on any atom is -0.478 e. The maximum Gasteiger partial charge on any atom is 0.338 e. The van der Waals surface area contributed by atoms with Crippen LogP contribution in [-0.4, -0.2) is 53.0 Å². The molecule has 0 amide bonds. The van der Waals surface area contributed by atoms with Gasteiger partial charge in [-0.1, -0.05) is 6.92 Å². The molecule has 3 rings (SSSR count). The van der Waals surface area contributed by atoms with Gasteiger partial charge in [-0.15, -0.1) is 0 Å². The van der Waals surface area contributed by atoms with Crippen molar-refractivity contribution in [3.63, 3.8) is 0 Å². The van der Waals surface area contributed by atoms with E-state index in [-0.39, 0.29) is 36.0 Å². The highest BCUT2D eigenvalue weighted by molar-refractivity contribution is 7.89. The summed E-state index contributed by atoms with van der Waals surface area (Å²) in [5, 5.41) is 8.98. The Kier molecular flexibility index (Phi) is 5.57. The van der Waals surface area contributed by atoms with Crippen LogP contribution < -0.4 is 4.74 Å². The summed E-state index contributed by atoms with van der Waals surface area (Å²) in [4.78, 5) is 18.3. The van der Waals surface area contributed by atoms with Gasteiger partial charge in [-0.05, 0) is 31.0 Å². The van der Waals surface area contributed by atoms with E-state index in [4.69, 9.17) is 9.84 Å². The number of benzene rings is 1. The average Bonchev–Trinajstić information content (AvgIpc) is 3.13. The van der Waals surface area contributed by atoms with Crippen LogP contribution in [0.5, 0.6) is 5.88 Å². The number of hydrogen-bond donors (Lipinski definition) is 1. The second kappa shape index (κ2) is 7.76. The lowest BCUT2D eigenvalue weighted by Gasteiger charge is -2.17. The largest absolute Gasteiger partial charge is 0.478 e. The Morgan fingerprint density at radius 1 is 1.36 bits per heavy atom. The van der Waals surface area contributed by atoms with Crippen molar-refractivity contribution in [3.05, 3.63) is 47.4 Å². The first-order chi connectivity index (χ1) is 13.2. The molecule has 2 heterocycles. The Labute approximate surface area is 159 Å². The summed E-state index contributed by atoms with van der Waals surface area (Å²) in [5.74, 6) is -3.52. The molecular weight excluding hydrogens is 396 g/mol. The summed E-state index contributed by atoms with van der Waals surface area (Å²) in [6.45, 7) is 1.74. The van der Waals surface area contributed by atoms with Crippen molar-refractivity contribution in [1.29, 1.82) is 0 Å². The molecule has 1 fully saturated rings. The van der Waals surface area contributed by atoms with Crippen molar-refractivity contribution in [2.75, 3.05) is 13.1 Å². The lowest BCUT2D eigenvalue weighted by molar-refractivity contribution is 0.0691. The van der Waals surface area contributed by atoms with E-state index in [0.717, 1.165) is 22.5 Å². The minimum atomic E-state index is -4.06. The zero-order chi connectivity index (χ0) is 20.5. The predicted octanol–water partition coefficient (Wildman–Crippen LogP) is 1.86. The number of carbonyl (C=O) groups is 1. The maximum absolute atomic E-state index is 14.2. The quantitative estimate of drug-likeness (QED) is 0.770. The van der Waals surface area contributed by atoms with Crippen LogP contribution >= 0.6 is 0 Å². The van der Waals surface area contributed by atoms with E-state index in [2.05, 4.69) is 9.97 Å². The molecular formula is C17H17F2N3O5S. The normalized spacial score (nSPS) is 17.6. The minimum absolute atomic E-state index is 0.0764. The number of halogens is 2. The Balaban J connectivity index is 1.78. The summed E-state index contributed by atoms with van der Waals surface area (Å²) in [6.07, 6.45) is 1.18. The lowest BCUT2D eigenvalue weighted by atomic mass is 10.2. The molecule has 1 aromatic carbocycles. The maximum atomic E-state index is 14.2. The number of carboxylic acid groups (broad SMARTS) is 1. The van der Waals surface area contributed by atoms with E-state index in [1.165, 1.54) is 6.33 Å². The van der Waals surface area contributed by atoms with E-state index < -0.39 is 39.3 Å². The molecule has 0 spiro atoms. The van der Waals surface area contributed by atoms with Crippen molar-refractivity contribution in [2.45, 2.75) is 30.8 Å². The van der Waals surface area contributed by atoms with Gasteiger partial charge in [0.25, 0.3) is 5.88 Å². The van der Waals surface area contributed by atoms with Crippen LogP contribution in [0.15, 0.2) is 29.4 Å². The monoisotopic (exact) mass is 413 g/mol. The molecule has 1 unspecified atom stereocenters. The van der Waals surface area contributed by atoms with Crippen molar-refractivity contribution in [2.24, 2.45) is 0 Å². The molecule has 0 aliphatic carbocycles. The van der Waals surface area contributed by atoms with Crippen LogP contribution in [0.1, 0.15) is 29.4 Å². The molecule has 1 N–H and O–H groups in total. The third-order valence-corrected chi connectivity index (χ3v) is 6.22. The lowest BCUT2D eigenvalue weighted by Crippen LogP contribution is -2.31. The molecule has 0 radical (unpaired) electrons. The fraction of sp³-hybridized carbons (Fsp3) is 0.353. The van der Waals surface area contributed by atoms with Crippen LogP contribution in [-0.2, 0) is 16.4 Å². The summed E-state index contributed by atoms with van der Waals surface area (Å²) < 4.78 is 59.8. The Hall–Kier alpha value is -2.66. The molecule has 28 heavy (non-hydrogen) atoms. The first-order valence-corrected chi connectivity index (χ1v) is 9.87. The molecule has 1 aromatic heterocycles. The average molecular weight is 413 g/mol. The van der Waals surface area contributed by atoms with Gasteiger partial charge in [-0.25, -0.2) is 22.6 Å². The first kappa shape index (κ1) is 20.1. The van der Waals surface area contributed by atoms with Crippen molar-refractivity contribution < 1.29 is 31.8 Å². The fourth-order valence-electron chi connectivity index (χ4n) is 2.86. The standard InChI is InChI=1S/C17H17F2N3O5S/c1-2-14-15(19)16(21-9-20-14)27-10-5-6-22(8-10)28(25,26)11-3-4-13(18)12(7-11)17(23)24/h3-4,7,9-10H,2,5-6,8H2,1H3,(H,23,24). The van der Waals surface area contributed by atoms with E-state index >= 15 is 0 Å². The highest BCUT2D eigenvalue weighted by Crippen LogP contribution is 2.26.